The highest BCUT2D eigenvalue weighted by Crippen LogP contribution is 2.41. The molecule has 0 saturated carbocycles. The Kier molecular flexibility index (Phi) is 3.03. The van der Waals surface area contributed by atoms with Crippen molar-refractivity contribution in [1.82, 2.24) is 4.98 Å². The van der Waals surface area contributed by atoms with E-state index in [9.17, 15) is 9.18 Å². The quantitative estimate of drug-likeness (QED) is 0.926. The number of hydrogen-bond donors (Lipinski definition) is 1. The van der Waals surface area contributed by atoms with Gasteiger partial charge >= 0.3 is 0 Å². The zero-order valence-electron chi connectivity index (χ0n) is 9.82. The van der Waals surface area contributed by atoms with E-state index in [0.29, 0.717) is 21.9 Å². The van der Waals surface area contributed by atoms with Crippen molar-refractivity contribution in [2.75, 3.05) is 0 Å². The molecular weight excluding hydrogens is 287 g/mol. The summed E-state index contributed by atoms with van der Waals surface area (Å²) in [5, 5.41) is 1.17. The SMILES string of the molecule is NC(=O)c1cnc([C@@H]2CCc3c(F)cc(Cl)cc32)s1. The van der Waals surface area contributed by atoms with Crippen LogP contribution in [0.4, 0.5) is 4.39 Å². The molecule has 0 saturated heterocycles. The molecule has 3 rings (SSSR count). The van der Waals surface area contributed by atoms with Crippen molar-refractivity contribution in [3.63, 3.8) is 0 Å². The van der Waals surface area contributed by atoms with Gasteiger partial charge in [-0.2, -0.15) is 0 Å². The average molecular weight is 297 g/mol. The lowest BCUT2D eigenvalue weighted by molar-refractivity contribution is 0.100. The third-order valence-corrected chi connectivity index (χ3v) is 4.66. The molecule has 1 heterocycles. The van der Waals surface area contributed by atoms with Crippen LogP contribution in [-0.4, -0.2) is 10.9 Å². The number of rotatable bonds is 2. The maximum atomic E-state index is 13.8. The van der Waals surface area contributed by atoms with Gasteiger partial charge in [-0.3, -0.25) is 4.79 Å². The predicted octanol–water partition coefficient (Wildman–Crippen LogP) is 3.11. The third kappa shape index (κ3) is 2.13. The lowest BCUT2D eigenvalue weighted by Crippen LogP contribution is -2.08. The second kappa shape index (κ2) is 4.58. The molecule has 98 valence electrons. The van der Waals surface area contributed by atoms with E-state index in [1.807, 2.05) is 0 Å². The van der Waals surface area contributed by atoms with Crippen LogP contribution >= 0.6 is 22.9 Å². The number of primary amides is 1. The summed E-state index contributed by atoms with van der Waals surface area (Å²) in [6, 6.07) is 3.11. The van der Waals surface area contributed by atoms with E-state index < -0.39 is 5.91 Å². The smallest absolute Gasteiger partial charge is 0.260 e. The molecule has 0 spiro atoms. The normalized spacial score (nSPS) is 17.5. The van der Waals surface area contributed by atoms with Gasteiger partial charge in [0, 0.05) is 10.9 Å². The fourth-order valence-corrected chi connectivity index (χ4v) is 3.60. The summed E-state index contributed by atoms with van der Waals surface area (Å²) in [7, 11) is 0. The summed E-state index contributed by atoms with van der Waals surface area (Å²) in [6.45, 7) is 0. The average Bonchev–Trinajstić information content (AvgIpc) is 2.93. The number of nitrogens with zero attached hydrogens (tertiary/aromatic N) is 1. The van der Waals surface area contributed by atoms with E-state index in [0.717, 1.165) is 17.0 Å². The minimum atomic E-state index is -0.487. The van der Waals surface area contributed by atoms with E-state index in [1.54, 1.807) is 6.07 Å². The van der Waals surface area contributed by atoms with Crippen LogP contribution in [0.2, 0.25) is 5.02 Å². The number of thiazole rings is 1. The molecule has 0 aliphatic heterocycles. The minimum Gasteiger partial charge on any atom is -0.365 e. The Morgan fingerprint density at radius 2 is 2.32 bits per heavy atom. The Morgan fingerprint density at radius 1 is 1.53 bits per heavy atom. The molecule has 1 aliphatic rings. The van der Waals surface area contributed by atoms with E-state index in [4.69, 9.17) is 17.3 Å². The third-order valence-electron chi connectivity index (χ3n) is 3.32. The van der Waals surface area contributed by atoms with Crippen LogP contribution in [0.1, 0.15) is 38.1 Å². The highest BCUT2D eigenvalue weighted by molar-refractivity contribution is 7.13. The van der Waals surface area contributed by atoms with Crippen LogP contribution in [0.15, 0.2) is 18.3 Å². The zero-order chi connectivity index (χ0) is 13.6. The van der Waals surface area contributed by atoms with Gasteiger partial charge in [0.15, 0.2) is 0 Å². The van der Waals surface area contributed by atoms with Crippen molar-refractivity contribution in [1.29, 1.82) is 0 Å². The molecule has 19 heavy (non-hydrogen) atoms. The summed E-state index contributed by atoms with van der Waals surface area (Å²) in [6.07, 6.45) is 2.91. The minimum absolute atomic E-state index is 0.00120. The van der Waals surface area contributed by atoms with Crippen molar-refractivity contribution in [2.24, 2.45) is 5.73 Å². The monoisotopic (exact) mass is 296 g/mol. The Balaban J connectivity index is 2.04. The van der Waals surface area contributed by atoms with Gasteiger partial charge in [0.25, 0.3) is 5.91 Å². The first-order valence-electron chi connectivity index (χ1n) is 5.79. The van der Waals surface area contributed by atoms with E-state index in [-0.39, 0.29) is 11.7 Å². The molecule has 1 atom stereocenters. The maximum absolute atomic E-state index is 13.8. The summed E-state index contributed by atoms with van der Waals surface area (Å²) in [4.78, 5) is 15.7. The van der Waals surface area contributed by atoms with Crippen LogP contribution in [0.25, 0.3) is 0 Å². The van der Waals surface area contributed by atoms with Gasteiger partial charge < -0.3 is 5.73 Å². The molecule has 1 amide bonds. The maximum Gasteiger partial charge on any atom is 0.260 e. The molecule has 0 bridgehead atoms. The number of halogens is 2. The standard InChI is InChI=1S/C13H10ClFN2OS/c14-6-3-9-7(10(15)4-6)1-2-8(9)13-17-5-11(19-13)12(16)18/h3-5,8H,1-2H2,(H2,16,18)/t8-/m1/s1. The summed E-state index contributed by atoms with van der Waals surface area (Å²) < 4.78 is 13.8. The first kappa shape index (κ1) is 12.6. The van der Waals surface area contributed by atoms with Crippen LogP contribution in [0.3, 0.4) is 0 Å². The van der Waals surface area contributed by atoms with Crippen LogP contribution in [0.5, 0.6) is 0 Å². The zero-order valence-corrected chi connectivity index (χ0v) is 11.4. The topological polar surface area (TPSA) is 56.0 Å². The molecule has 0 radical (unpaired) electrons. The Labute approximate surface area is 118 Å². The van der Waals surface area contributed by atoms with Gasteiger partial charge in [0.05, 0.1) is 6.20 Å². The number of carbonyl (C=O) groups is 1. The second-order valence-electron chi connectivity index (χ2n) is 4.47. The van der Waals surface area contributed by atoms with E-state index >= 15 is 0 Å². The molecule has 1 aromatic heterocycles. The van der Waals surface area contributed by atoms with Crippen molar-refractivity contribution in [3.05, 3.63) is 50.2 Å². The number of aromatic nitrogens is 1. The second-order valence-corrected chi connectivity index (χ2v) is 5.97. The van der Waals surface area contributed by atoms with E-state index in [2.05, 4.69) is 4.98 Å². The van der Waals surface area contributed by atoms with Gasteiger partial charge in [0.1, 0.15) is 15.7 Å². The largest absolute Gasteiger partial charge is 0.365 e. The molecule has 2 N–H and O–H groups in total. The lowest BCUT2D eigenvalue weighted by atomic mass is 10.0. The number of amides is 1. The number of benzene rings is 1. The first-order chi connectivity index (χ1) is 9.06. The lowest BCUT2D eigenvalue weighted by Gasteiger charge is -2.08. The van der Waals surface area contributed by atoms with Gasteiger partial charge in [-0.25, -0.2) is 9.37 Å². The number of nitrogens with two attached hydrogens (primary N) is 1. The molecule has 0 unspecified atom stereocenters. The van der Waals surface area contributed by atoms with Crippen molar-refractivity contribution in [2.45, 2.75) is 18.8 Å². The molecule has 1 aromatic carbocycles. The van der Waals surface area contributed by atoms with Gasteiger partial charge in [-0.05, 0) is 36.1 Å². The Bertz CT molecular complexity index is 671. The fourth-order valence-electron chi connectivity index (χ4n) is 2.46. The first-order valence-corrected chi connectivity index (χ1v) is 6.99. The highest BCUT2D eigenvalue weighted by Gasteiger charge is 2.29. The number of carbonyl (C=O) groups excluding carboxylic acids is 1. The van der Waals surface area contributed by atoms with Crippen LogP contribution in [-0.2, 0) is 6.42 Å². The molecule has 1 aliphatic carbocycles. The highest BCUT2D eigenvalue weighted by atomic mass is 35.5. The molecular formula is C13H10ClFN2OS. The molecule has 2 aromatic rings. The summed E-state index contributed by atoms with van der Waals surface area (Å²) in [5.74, 6) is -0.753. The van der Waals surface area contributed by atoms with Crippen LogP contribution in [0, 0.1) is 5.82 Å². The van der Waals surface area contributed by atoms with Crippen molar-refractivity contribution >= 4 is 28.8 Å². The Hall–Kier alpha value is -1.46. The summed E-state index contributed by atoms with van der Waals surface area (Å²) >= 11 is 7.17. The van der Waals surface area contributed by atoms with Crippen molar-refractivity contribution in [3.8, 4) is 0 Å². The Morgan fingerprint density at radius 3 is 3.00 bits per heavy atom. The van der Waals surface area contributed by atoms with Crippen LogP contribution < -0.4 is 5.73 Å². The number of hydrogen-bond acceptors (Lipinski definition) is 3. The molecule has 3 nitrogen and oxygen atoms in total. The molecule has 6 heteroatoms. The van der Waals surface area contributed by atoms with Crippen molar-refractivity contribution < 1.29 is 9.18 Å². The van der Waals surface area contributed by atoms with E-state index in [1.165, 1.54) is 23.6 Å². The van der Waals surface area contributed by atoms with Gasteiger partial charge in [0.2, 0.25) is 0 Å². The fraction of sp³-hybridized carbons (Fsp3) is 0.231. The molecule has 0 fully saturated rings. The van der Waals surface area contributed by atoms with Gasteiger partial charge in [-0.15, -0.1) is 11.3 Å². The van der Waals surface area contributed by atoms with Gasteiger partial charge in [-0.1, -0.05) is 11.6 Å². The number of fused-ring (bicyclic) bond motifs is 1. The summed E-state index contributed by atoms with van der Waals surface area (Å²) in [5.41, 5.74) is 6.79. The predicted molar refractivity (Wildman–Crippen MR) is 72.2 cm³/mol.